The highest BCUT2D eigenvalue weighted by Gasteiger charge is 2.26. The molecule has 0 aliphatic rings. The number of hydrogen-bond acceptors (Lipinski definition) is 5. The van der Waals surface area contributed by atoms with Gasteiger partial charge in [-0.15, -0.1) is 0 Å². The van der Waals surface area contributed by atoms with Crippen LogP contribution in [0.25, 0.3) is 21.7 Å². The lowest BCUT2D eigenvalue weighted by atomic mass is 10.1. The number of fused-ring (bicyclic) bond motifs is 3. The summed E-state index contributed by atoms with van der Waals surface area (Å²) in [6, 6.07) is 11.3. The Labute approximate surface area is 139 Å². The van der Waals surface area contributed by atoms with Gasteiger partial charge in [0.15, 0.2) is 5.43 Å². The third kappa shape index (κ3) is 3.16. The first-order valence-electron chi connectivity index (χ1n) is 7.88. The van der Waals surface area contributed by atoms with E-state index in [4.69, 9.17) is 13.5 Å². The summed E-state index contributed by atoms with van der Waals surface area (Å²) in [6.45, 7) is 3.98. The number of hydrogen-bond donors (Lipinski definition) is 0. The van der Waals surface area contributed by atoms with Gasteiger partial charge in [0.05, 0.1) is 31.0 Å². The largest absolute Gasteiger partial charge is 0.463 e. The Morgan fingerprint density at radius 2 is 1.71 bits per heavy atom. The molecule has 6 heteroatoms. The molecule has 0 spiro atoms. The zero-order valence-corrected chi connectivity index (χ0v) is 14.5. The molecule has 0 saturated heterocycles. The third-order valence-electron chi connectivity index (χ3n) is 3.75. The minimum Gasteiger partial charge on any atom is -0.463 e. The summed E-state index contributed by atoms with van der Waals surface area (Å²) in [5.74, 6) is 0. The maximum absolute atomic E-state index is 12.8. The maximum atomic E-state index is 12.8. The lowest BCUT2D eigenvalue weighted by Gasteiger charge is -2.16. The van der Waals surface area contributed by atoms with Crippen LogP contribution in [0.1, 0.15) is 19.4 Å². The Morgan fingerprint density at radius 1 is 1.00 bits per heavy atom. The van der Waals surface area contributed by atoms with Crippen LogP contribution >= 0.6 is 7.60 Å². The molecule has 3 aromatic rings. The van der Waals surface area contributed by atoms with Gasteiger partial charge in [-0.25, -0.2) is 0 Å². The van der Waals surface area contributed by atoms with Gasteiger partial charge in [0.2, 0.25) is 0 Å². The second kappa shape index (κ2) is 6.89. The number of benzene rings is 2. The molecule has 5 nitrogen and oxygen atoms in total. The zero-order valence-electron chi connectivity index (χ0n) is 13.7. The van der Waals surface area contributed by atoms with Gasteiger partial charge in [-0.1, -0.05) is 30.3 Å². The fraction of sp³-hybridized carbons (Fsp3) is 0.278. The normalized spacial score (nSPS) is 12.1. The van der Waals surface area contributed by atoms with E-state index in [0.29, 0.717) is 16.5 Å². The topological polar surface area (TPSA) is 65.7 Å². The van der Waals surface area contributed by atoms with Crippen molar-refractivity contribution >= 4 is 29.3 Å². The van der Waals surface area contributed by atoms with Gasteiger partial charge in [0, 0.05) is 10.9 Å². The smallest absolute Gasteiger partial charge is 0.335 e. The summed E-state index contributed by atoms with van der Waals surface area (Å²) in [7, 11) is -3.35. The molecule has 0 aliphatic carbocycles. The van der Waals surface area contributed by atoms with Crippen molar-refractivity contribution in [3.8, 4) is 0 Å². The molecule has 1 heterocycles. The monoisotopic (exact) mass is 346 g/mol. The molecule has 0 saturated carbocycles. The van der Waals surface area contributed by atoms with Crippen LogP contribution in [0.3, 0.4) is 0 Å². The van der Waals surface area contributed by atoms with Crippen LogP contribution in [-0.2, 0) is 19.8 Å². The van der Waals surface area contributed by atoms with Crippen molar-refractivity contribution in [1.82, 2.24) is 0 Å². The van der Waals surface area contributed by atoms with Gasteiger partial charge in [-0.2, -0.15) is 0 Å². The first-order valence-corrected chi connectivity index (χ1v) is 9.61. The fourth-order valence-electron chi connectivity index (χ4n) is 2.74. The zero-order chi connectivity index (χ0) is 17.2. The van der Waals surface area contributed by atoms with Crippen molar-refractivity contribution < 1.29 is 18.0 Å². The summed E-state index contributed by atoms with van der Waals surface area (Å²) in [5, 5.41) is 2.33. The SMILES string of the molecule is CCOP(=O)(Cc1coc2c(ccc3ccccc32)c1=O)OCC. The second-order valence-corrected chi connectivity index (χ2v) is 7.41. The van der Waals surface area contributed by atoms with Gasteiger partial charge in [0.1, 0.15) is 5.58 Å². The van der Waals surface area contributed by atoms with Crippen LogP contribution in [0, 0.1) is 0 Å². The van der Waals surface area contributed by atoms with E-state index >= 15 is 0 Å². The predicted octanol–water partition coefficient (Wildman–Crippen LogP) is 4.71. The Balaban J connectivity index is 2.11. The van der Waals surface area contributed by atoms with Crippen molar-refractivity contribution in [2.75, 3.05) is 13.2 Å². The van der Waals surface area contributed by atoms with E-state index in [2.05, 4.69) is 0 Å². The second-order valence-electron chi connectivity index (χ2n) is 5.36. The molecule has 0 aliphatic heterocycles. The van der Waals surface area contributed by atoms with Crippen molar-refractivity contribution in [1.29, 1.82) is 0 Å². The van der Waals surface area contributed by atoms with E-state index < -0.39 is 7.60 Å². The van der Waals surface area contributed by atoms with Crippen molar-refractivity contribution in [2.45, 2.75) is 20.0 Å². The molecule has 0 radical (unpaired) electrons. The van der Waals surface area contributed by atoms with E-state index in [0.717, 1.165) is 10.8 Å². The Bertz CT molecular complexity index is 966. The molecule has 0 amide bonds. The van der Waals surface area contributed by atoms with E-state index in [1.165, 1.54) is 6.26 Å². The van der Waals surface area contributed by atoms with Gasteiger partial charge < -0.3 is 13.5 Å². The fourth-order valence-corrected chi connectivity index (χ4v) is 4.42. The Hall–Kier alpha value is -1.94. The molecule has 0 bridgehead atoms. The maximum Gasteiger partial charge on any atom is 0.335 e. The van der Waals surface area contributed by atoms with Crippen LogP contribution in [0.4, 0.5) is 0 Å². The van der Waals surface area contributed by atoms with Crippen LogP contribution in [0.5, 0.6) is 0 Å². The molecule has 3 rings (SSSR count). The molecular weight excluding hydrogens is 327 g/mol. The van der Waals surface area contributed by atoms with E-state index in [1.807, 2.05) is 30.3 Å². The van der Waals surface area contributed by atoms with E-state index in [-0.39, 0.29) is 24.8 Å². The molecule has 2 aromatic carbocycles. The molecule has 0 atom stereocenters. The lowest BCUT2D eigenvalue weighted by Crippen LogP contribution is -2.11. The van der Waals surface area contributed by atoms with E-state index in [9.17, 15) is 9.36 Å². The molecule has 126 valence electrons. The van der Waals surface area contributed by atoms with Gasteiger partial charge >= 0.3 is 7.60 Å². The third-order valence-corrected chi connectivity index (χ3v) is 5.78. The van der Waals surface area contributed by atoms with Crippen LogP contribution < -0.4 is 5.43 Å². The highest BCUT2D eigenvalue weighted by molar-refractivity contribution is 7.53. The van der Waals surface area contributed by atoms with Gasteiger partial charge in [-0.3, -0.25) is 9.36 Å². The Morgan fingerprint density at radius 3 is 2.42 bits per heavy atom. The minimum atomic E-state index is -3.35. The molecular formula is C18H19O5P. The van der Waals surface area contributed by atoms with Crippen LogP contribution in [0.15, 0.2) is 51.9 Å². The average molecular weight is 346 g/mol. The van der Waals surface area contributed by atoms with Gasteiger partial charge in [-0.05, 0) is 25.3 Å². The summed E-state index contributed by atoms with van der Waals surface area (Å²) >= 11 is 0. The average Bonchev–Trinajstić information content (AvgIpc) is 2.57. The predicted molar refractivity (Wildman–Crippen MR) is 94.6 cm³/mol. The van der Waals surface area contributed by atoms with Crippen molar-refractivity contribution in [3.05, 3.63) is 58.4 Å². The highest BCUT2D eigenvalue weighted by atomic mass is 31.2. The van der Waals surface area contributed by atoms with Crippen LogP contribution in [0.2, 0.25) is 0 Å². The number of rotatable bonds is 6. The molecule has 24 heavy (non-hydrogen) atoms. The summed E-state index contributed by atoms with van der Waals surface area (Å²) in [4.78, 5) is 12.8. The molecule has 0 unspecified atom stereocenters. The minimum absolute atomic E-state index is 0.0974. The first kappa shape index (κ1) is 16.9. The van der Waals surface area contributed by atoms with E-state index in [1.54, 1.807) is 19.9 Å². The Kier molecular flexibility index (Phi) is 4.86. The standard InChI is InChI=1S/C18H19O5P/c1-3-22-24(20,23-4-2)12-14-11-21-18-15-8-6-5-7-13(15)9-10-16(18)17(14)19/h5-11H,3-4,12H2,1-2H3. The van der Waals surface area contributed by atoms with Crippen LogP contribution in [-0.4, -0.2) is 13.2 Å². The lowest BCUT2D eigenvalue weighted by molar-refractivity contribution is 0.219. The first-order chi connectivity index (χ1) is 11.6. The quantitative estimate of drug-likeness (QED) is 0.477. The molecule has 0 fully saturated rings. The summed E-state index contributed by atoms with van der Waals surface area (Å²) in [5.41, 5.74) is 0.620. The molecule has 0 N–H and O–H groups in total. The highest BCUT2D eigenvalue weighted by Crippen LogP contribution is 2.50. The molecule has 1 aromatic heterocycles. The summed E-state index contributed by atoms with van der Waals surface area (Å²) < 4.78 is 28.9. The van der Waals surface area contributed by atoms with Crippen molar-refractivity contribution in [2.24, 2.45) is 0 Å². The van der Waals surface area contributed by atoms with Crippen molar-refractivity contribution in [3.63, 3.8) is 0 Å². The van der Waals surface area contributed by atoms with Gasteiger partial charge in [0.25, 0.3) is 0 Å². The summed E-state index contributed by atoms with van der Waals surface area (Å²) in [6.07, 6.45) is 1.27.